The molecule has 5 heteroatoms. The molecule has 1 aromatic rings. The summed E-state index contributed by atoms with van der Waals surface area (Å²) in [5.41, 5.74) is 0. The van der Waals surface area contributed by atoms with Crippen molar-refractivity contribution in [3.05, 3.63) is 23.1 Å². The topological polar surface area (TPSA) is 31.4 Å². The highest BCUT2D eigenvalue weighted by atomic mass is 35.5. The molecular weight excluding hydrogens is 233 g/mol. The first kappa shape index (κ1) is 11.6. The molecular formula is C11H13ClFNO2. The lowest BCUT2D eigenvalue weighted by molar-refractivity contribution is 0.0483. The van der Waals surface area contributed by atoms with Gasteiger partial charge in [0, 0.05) is 19.4 Å². The third-order valence-electron chi connectivity index (χ3n) is 2.57. The molecule has 0 radical (unpaired) electrons. The van der Waals surface area contributed by atoms with Crippen LogP contribution in [0.1, 0.15) is 12.8 Å². The number of rotatable bonds is 3. The van der Waals surface area contributed by atoms with Crippen molar-refractivity contribution < 1.29 is 13.9 Å². The van der Waals surface area contributed by atoms with E-state index in [0.717, 1.165) is 26.1 Å². The molecule has 2 rings (SSSR count). The summed E-state index contributed by atoms with van der Waals surface area (Å²) < 4.78 is 23.9. The molecule has 0 atom stereocenters. The Balaban J connectivity index is 1.88. The average molecular weight is 246 g/mol. The highest BCUT2D eigenvalue weighted by Gasteiger charge is 2.15. The van der Waals surface area contributed by atoms with Gasteiger partial charge in [-0.15, -0.1) is 0 Å². The van der Waals surface area contributed by atoms with Gasteiger partial charge < -0.3 is 9.47 Å². The van der Waals surface area contributed by atoms with Crippen molar-refractivity contribution in [1.82, 2.24) is 4.98 Å². The van der Waals surface area contributed by atoms with Crippen molar-refractivity contribution >= 4 is 11.6 Å². The van der Waals surface area contributed by atoms with Crippen LogP contribution in [0.3, 0.4) is 0 Å². The van der Waals surface area contributed by atoms with Gasteiger partial charge in [-0.05, 0) is 24.8 Å². The molecule has 0 bridgehead atoms. The molecule has 1 aliphatic heterocycles. The van der Waals surface area contributed by atoms with Crippen LogP contribution in [0.2, 0.25) is 5.02 Å². The first-order valence-corrected chi connectivity index (χ1v) is 5.65. The molecule has 2 heterocycles. The third kappa shape index (κ3) is 3.06. The first-order chi connectivity index (χ1) is 7.75. The molecule has 0 amide bonds. The molecule has 1 fully saturated rings. The van der Waals surface area contributed by atoms with Gasteiger partial charge in [-0.1, -0.05) is 11.6 Å². The fraction of sp³-hybridized carbons (Fsp3) is 0.545. The lowest BCUT2D eigenvalue weighted by Crippen LogP contribution is -2.21. The van der Waals surface area contributed by atoms with E-state index < -0.39 is 5.82 Å². The molecule has 88 valence electrons. The van der Waals surface area contributed by atoms with Gasteiger partial charge in [-0.2, -0.15) is 0 Å². The maximum Gasteiger partial charge on any atom is 0.250 e. The van der Waals surface area contributed by atoms with E-state index in [1.165, 1.54) is 12.3 Å². The molecule has 16 heavy (non-hydrogen) atoms. The molecule has 3 nitrogen and oxygen atoms in total. The van der Waals surface area contributed by atoms with Crippen LogP contribution in [0.15, 0.2) is 12.3 Å². The number of nitrogens with zero attached hydrogens (tertiary/aromatic N) is 1. The Morgan fingerprint density at radius 3 is 2.94 bits per heavy atom. The van der Waals surface area contributed by atoms with Gasteiger partial charge in [0.1, 0.15) is 0 Å². The van der Waals surface area contributed by atoms with Crippen LogP contribution in [-0.4, -0.2) is 24.8 Å². The Labute approximate surface area is 98.5 Å². The average Bonchev–Trinajstić information content (AvgIpc) is 2.29. The molecule has 0 saturated carbocycles. The maximum atomic E-state index is 13.3. The predicted molar refractivity (Wildman–Crippen MR) is 58.2 cm³/mol. The summed E-state index contributed by atoms with van der Waals surface area (Å²) in [6, 6.07) is 1.20. The summed E-state index contributed by atoms with van der Waals surface area (Å²) in [6.45, 7) is 1.99. The maximum absolute atomic E-state index is 13.3. The van der Waals surface area contributed by atoms with Crippen molar-refractivity contribution in [3.8, 4) is 5.88 Å². The van der Waals surface area contributed by atoms with Gasteiger partial charge in [0.2, 0.25) is 5.88 Å². The van der Waals surface area contributed by atoms with Gasteiger partial charge in [0.25, 0.3) is 0 Å². The van der Waals surface area contributed by atoms with Crippen molar-refractivity contribution in [1.29, 1.82) is 0 Å². The first-order valence-electron chi connectivity index (χ1n) is 5.27. The van der Waals surface area contributed by atoms with E-state index in [-0.39, 0.29) is 10.9 Å². The van der Waals surface area contributed by atoms with Crippen LogP contribution in [0, 0.1) is 11.7 Å². The van der Waals surface area contributed by atoms with Crippen LogP contribution in [0.5, 0.6) is 5.88 Å². The number of hydrogen-bond donors (Lipinski definition) is 0. The van der Waals surface area contributed by atoms with E-state index in [0.29, 0.717) is 12.5 Å². The number of hydrogen-bond acceptors (Lipinski definition) is 3. The zero-order valence-electron chi connectivity index (χ0n) is 8.79. The Kier molecular flexibility index (Phi) is 3.96. The van der Waals surface area contributed by atoms with Crippen LogP contribution in [0.4, 0.5) is 4.39 Å². The Hall–Kier alpha value is -0.870. The van der Waals surface area contributed by atoms with E-state index in [2.05, 4.69) is 4.98 Å². The summed E-state index contributed by atoms with van der Waals surface area (Å²) in [4.78, 5) is 3.80. The van der Waals surface area contributed by atoms with Gasteiger partial charge in [0.05, 0.1) is 11.6 Å². The second kappa shape index (κ2) is 5.46. The Morgan fingerprint density at radius 2 is 2.25 bits per heavy atom. The fourth-order valence-electron chi connectivity index (χ4n) is 1.62. The zero-order chi connectivity index (χ0) is 11.4. The second-order valence-corrected chi connectivity index (χ2v) is 4.24. The number of halogens is 2. The number of pyridine rings is 1. The minimum Gasteiger partial charge on any atom is -0.475 e. The lowest BCUT2D eigenvalue weighted by atomic mass is 10.0. The third-order valence-corrected chi connectivity index (χ3v) is 2.78. The minimum atomic E-state index is -0.514. The normalized spacial score (nSPS) is 17.4. The quantitative estimate of drug-likeness (QED) is 0.821. The van der Waals surface area contributed by atoms with Crippen molar-refractivity contribution in [3.63, 3.8) is 0 Å². The molecule has 1 aliphatic rings. The van der Waals surface area contributed by atoms with Gasteiger partial charge in [-0.25, -0.2) is 9.37 Å². The van der Waals surface area contributed by atoms with Crippen LogP contribution in [0.25, 0.3) is 0 Å². The summed E-state index contributed by atoms with van der Waals surface area (Å²) in [6.07, 6.45) is 3.29. The van der Waals surface area contributed by atoms with Crippen molar-refractivity contribution in [2.45, 2.75) is 12.8 Å². The highest BCUT2D eigenvalue weighted by molar-refractivity contribution is 6.30. The predicted octanol–water partition coefficient (Wildman–Crippen LogP) is 2.68. The SMILES string of the molecule is Fc1cc(Cl)cnc1OCC1CCOCC1. The summed E-state index contributed by atoms with van der Waals surface area (Å²) in [5, 5.41) is 0.274. The lowest BCUT2D eigenvalue weighted by Gasteiger charge is -2.21. The van der Waals surface area contributed by atoms with Crippen LogP contribution >= 0.6 is 11.6 Å². The van der Waals surface area contributed by atoms with E-state index in [1.54, 1.807) is 0 Å². The molecule has 0 spiro atoms. The largest absolute Gasteiger partial charge is 0.475 e. The fourth-order valence-corrected chi connectivity index (χ4v) is 1.76. The standard InChI is InChI=1S/C11H13ClFNO2/c12-9-5-10(13)11(14-6-9)16-7-8-1-3-15-4-2-8/h5-6,8H,1-4,7H2. The van der Waals surface area contributed by atoms with E-state index >= 15 is 0 Å². The Morgan fingerprint density at radius 1 is 1.50 bits per heavy atom. The smallest absolute Gasteiger partial charge is 0.250 e. The molecule has 0 N–H and O–H groups in total. The van der Waals surface area contributed by atoms with Crippen molar-refractivity contribution in [2.75, 3.05) is 19.8 Å². The molecule has 1 aromatic heterocycles. The molecule has 0 aliphatic carbocycles. The zero-order valence-corrected chi connectivity index (χ0v) is 9.54. The van der Waals surface area contributed by atoms with E-state index in [4.69, 9.17) is 21.1 Å². The molecule has 1 saturated heterocycles. The molecule has 0 aromatic carbocycles. The number of aromatic nitrogens is 1. The van der Waals surface area contributed by atoms with E-state index in [9.17, 15) is 4.39 Å². The Bertz CT molecular complexity index is 356. The van der Waals surface area contributed by atoms with Crippen molar-refractivity contribution in [2.24, 2.45) is 5.92 Å². The van der Waals surface area contributed by atoms with E-state index in [1.807, 2.05) is 0 Å². The minimum absolute atomic E-state index is 0.0240. The second-order valence-electron chi connectivity index (χ2n) is 3.81. The summed E-state index contributed by atoms with van der Waals surface area (Å²) in [7, 11) is 0. The summed E-state index contributed by atoms with van der Waals surface area (Å²) in [5.74, 6) is -0.0684. The van der Waals surface area contributed by atoms with Gasteiger partial charge in [-0.3, -0.25) is 0 Å². The summed E-state index contributed by atoms with van der Waals surface area (Å²) >= 11 is 5.59. The molecule has 0 unspecified atom stereocenters. The van der Waals surface area contributed by atoms with Gasteiger partial charge in [0.15, 0.2) is 5.82 Å². The van der Waals surface area contributed by atoms with Crippen LogP contribution in [-0.2, 0) is 4.74 Å². The van der Waals surface area contributed by atoms with Gasteiger partial charge >= 0.3 is 0 Å². The monoisotopic (exact) mass is 245 g/mol. The highest BCUT2D eigenvalue weighted by Crippen LogP contribution is 2.20. The van der Waals surface area contributed by atoms with Crippen LogP contribution < -0.4 is 4.74 Å². The number of ether oxygens (including phenoxy) is 2.